The third kappa shape index (κ3) is 4.03. The van der Waals surface area contributed by atoms with E-state index in [9.17, 15) is 9.59 Å². The van der Waals surface area contributed by atoms with Gasteiger partial charge in [0.1, 0.15) is 17.5 Å². The molecule has 1 heterocycles. The quantitative estimate of drug-likeness (QED) is 0.801. The van der Waals surface area contributed by atoms with E-state index in [4.69, 9.17) is 9.47 Å². The van der Waals surface area contributed by atoms with Gasteiger partial charge < -0.3 is 25.0 Å². The van der Waals surface area contributed by atoms with Crippen molar-refractivity contribution in [1.29, 1.82) is 0 Å². The number of carbonyl (C=O) groups excluding carboxylic acids is 2. The summed E-state index contributed by atoms with van der Waals surface area (Å²) < 4.78 is 10.5. The van der Waals surface area contributed by atoms with Gasteiger partial charge in [0.05, 0.1) is 19.9 Å². The summed E-state index contributed by atoms with van der Waals surface area (Å²) >= 11 is 0. The molecule has 0 saturated heterocycles. The highest BCUT2D eigenvalue weighted by atomic mass is 16.5. The van der Waals surface area contributed by atoms with Gasteiger partial charge in [-0.05, 0) is 49.2 Å². The number of ether oxygens (including phenoxy) is 2. The zero-order chi connectivity index (χ0) is 20.3. The van der Waals surface area contributed by atoms with Gasteiger partial charge in [-0.25, -0.2) is 0 Å². The number of hydrogen-bond acceptors (Lipinski definition) is 5. The maximum absolute atomic E-state index is 12.6. The lowest BCUT2D eigenvalue weighted by Gasteiger charge is -2.18. The molecular formula is C21H25N3O4. The molecule has 1 atom stereocenters. The van der Waals surface area contributed by atoms with Crippen LogP contribution in [0.2, 0.25) is 0 Å². The molecule has 0 radical (unpaired) electrons. The smallest absolute Gasteiger partial charge is 0.246 e. The van der Waals surface area contributed by atoms with Gasteiger partial charge in [0.15, 0.2) is 0 Å². The van der Waals surface area contributed by atoms with Gasteiger partial charge in [-0.15, -0.1) is 0 Å². The second-order valence-corrected chi connectivity index (χ2v) is 6.69. The zero-order valence-corrected chi connectivity index (χ0v) is 16.5. The van der Waals surface area contributed by atoms with Crippen molar-refractivity contribution < 1.29 is 19.1 Å². The molecule has 0 unspecified atom stereocenters. The van der Waals surface area contributed by atoms with Crippen LogP contribution >= 0.6 is 0 Å². The number of rotatable bonds is 6. The van der Waals surface area contributed by atoms with Gasteiger partial charge in [0, 0.05) is 30.9 Å². The number of anilines is 3. The highest BCUT2D eigenvalue weighted by Crippen LogP contribution is 2.31. The topological polar surface area (TPSA) is 79.9 Å². The third-order valence-electron chi connectivity index (χ3n) is 4.80. The van der Waals surface area contributed by atoms with Crippen LogP contribution in [-0.2, 0) is 16.0 Å². The summed E-state index contributed by atoms with van der Waals surface area (Å²) in [5.74, 6) is 1.03. The Hall–Kier alpha value is -3.22. The molecule has 2 amide bonds. The summed E-state index contributed by atoms with van der Waals surface area (Å²) in [6, 6.07) is 10.6. The van der Waals surface area contributed by atoms with Crippen LogP contribution in [0.4, 0.5) is 17.1 Å². The molecule has 0 saturated carbocycles. The van der Waals surface area contributed by atoms with Gasteiger partial charge >= 0.3 is 0 Å². The van der Waals surface area contributed by atoms with E-state index in [1.165, 1.54) is 0 Å². The van der Waals surface area contributed by atoms with E-state index in [1.807, 2.05) is 18.2 Å². The Morgan fingerprint density at radius 2 is 1.89 bits per heavy atom. The minimum absolute atomic E-state index is 0.0411. The van der Waals surface area contributed by atoms with Crippen molar-refractivity contribution in [2.45, 2.75) is 26.3 Å². The maximum atomic E-state index is 12.6. The Kier molecular flexibility index (Phi) is 5.73. The Morgan fingerprint density at radius 1 is 1.11 bits per heavy atom. The van der Waals surface area contributed by atoms with E-state index in [2.05, 4.69) is 10.6 Å². The molecule has 0 fully saturated rings. The van der Waals surface area contributed by atoms with Crippen molar-refractivity contribution in [3.8, 4) is 11.5 Å². The lowest BCUT2D eigenvalue weighted by atomic mass is 10.1. The van der Waals surface area contributed by atoms with Crippen LogP contribution in [0.25, 0.3) is 0 Å². The molecule has 0 spiro atoms. The minimum atomic E-state index is -0.473. The molecule has 148 valence electrons. The number of hydrogen-bond donors (Lipinski definition) is 2. The number of nitrogens with one attached hydrogen (secondary N) is 2. The standard InChI is InChI=1S/C21H25N3O4/c1-13(21(26)23-18-12-17(27-3)6-8-20(18)28-4)22-16-5-7-19-15(11-16)9-10-24(19)14(2)25/h5-8,11-13,22H,9-10H2,1-4H3,(H,23,26)/t13-/m1/s1. The molecule has 2 N–H and O–H groups in total. The van der Waals surface area contributed by atoms with E-state index >= 15 is 0 Å². The molecule has 2 aromatic carbocycles. The largest absolute Gasteiger partial charge is 0.497 e. The molecule has 3 rings (SSSR count). The lowest BCUT2D eigenvalue weighted by molar-refractivity contribution is -0.117. The first-order valence-electron chi connectivity index (χ1n) is 9.13. The highest BCUT2D eigenvalue weighted by Gasteiger charge is 2.23. The summed E-state index contributed by atoms with van der Waals surface area (Å²) in [5.41, 5.74) is 3.43. The normalized spacial score (nSPS) is 13.5. The van der Waals surface area contributed by atoms with Gasteiger partial charge in [-0.1, -0.05) is 0 Å². The van der Waals surface area contributed by atoms with Crippen LogP contribution in [-0.4, -0.2) is 38.6 Å². The SMILES string of the molecule is COc1ccc(OC)c(NC(=O)[C@@H](C)Nc2ccc3c(c2)CCN3C(C)=O)c1. The van der Waals surface area contributed by atoms with Crippen molar-refractivity contribution in [2.24, 2.45) is 0 Å². The fourth-order valence-electron chi connectivity index (χ4n) is 3.29. The number of methoxy groups -OCH3 is 2. The van der Waals surface area contributed by atoms with E-state index in [0.29, 0.717) is 23.7 Å². The number of fused-ring (bicyclic) bond motifs is 1. The summed E-state index contributed by atoms with van der Waals surface area (Å²) in [6.07, 6.45) is 0.812. The summed E-state index contributed by atoms with van der Waals surface area (Å²) in [6.45, 7) is 4.05. The Morgan fingerprint density at radius 3 is 2.57 bits per heavy atom. The molecular weight excluding hydrogens is 358 g/mol. The van der Waals surface area contributed by atoms with Crippen molar-refractivity contribution in [1.82, 2.24) is 0 Å². The van der Waals surface area contributed by atoms with Crippen LogP contribution in [0.3, 0.4) is 0 Å². The highest BCUT2D eigenvalue weighted by molar-refractivity contribution is 5.98. The monoisotopic (exact) mass is 383 g/mol. The number of benzene rings is 2. The molecule has 7 nitrogen and oxygen atoms in total. The van der Waals surface area contributed by atoms with E-state index in [0.717, 1.165) is 23.4 Å². The summed E-state index contributed by atoms with van der Waals surface area (Å²) in [7, 11) is 3.12. The predicted octanol–water partition coefficient (Wildman–Crippen LogP) is 3.05. The summed E-state index contributed by atoms with van der Waals surface area (Å²) in [5, 5.41) is 6.09. The van der Waals surface area contributed by atoms with E-state index in [-0.39, 0.29) is 11.8 Å². The van der Waals surface area contributed by atoms with Crippen molar-refractivity contribution in [3.05, 3.63) is 42.0 Å². The lowest BCUT2D eigenvalue weighted by Crippen LogP contribution is -2.32. The second kappa shape index (κ2) is 8.21. The summed E-state index contributed by atoms with van der Waals surface area (Å²) in [4.78, 5) is 26.1. The number of nitrogens with zero attached hydrogens (tertiary/aromatic N) is 1. The molecule has 2 aromatic rings. The Bertz CT molecular complexity index is 897. The van der Waals surface area contributed by atoms with E-state index in [1.54, 1.807) is 51.2 Å². The Labute approximate surface area is 164 Å². The molecule has 1 aliphatic rings. The number of carbonyl (C=O) groups is 2. The first kappa shape index (κ1) is 19.5. The van der Waals surface area contributed by atoms with Crippen LogP contribution in [0, 0.1) is 0 Å². The molecule has 0 aliphatic carbocycles. The van der Waals surface area contributed by atoms with Crippen LogP contribution in [0.15, 0.2) is 36.4 Å². The van der Waals surface area contributed by atoms with Crippen LogP contribution in [0.5, 0.6) is 11.5 Å². The van der Waals surface area contributed by atoms with Crippen LogP contribution in [0.1, 0.15) is 19.4 Å². The molecule has 0 bridgehead atoms. The minimum Gasteiger partial charge on any atom is -0.497 e. The predicted molar refractivity (Wildman–Crippen MR) is 109 cm³/mol. The first-order valence-corrected chi connectivity index (χ1v) is 9.13. The molecule has 0 aromatic heterocycles. The maximum Gasteiger partial charge on any atom is 0.246 e. The van der Waals surface area contributed by atoms with Gasteiger partial charge in [0.25, 0.3) is 0 Å². The molecule has 28 heavy (non-hydrogen) atoms. The Balaban J connectivity index is 1.69. The van der Waals surface area contributed by atoms with Crippen molar-refractivity contribution >= 4 is 28.9 Å². The molecule has 7 heteroatoms. The fourth-order valence-corrected chi connectivity index (χ4v) is 3.29. The average Bonchev–Trinajstić information content (AvgIpc) is 3.11. The second-order valence-electron chi connectivity index (χ2n) is 6.69. The van der Waals surface area contributed by atoms with Crippen molar-refractivity contribution in [3.63, 3.8) is 0 Å². The molecule has 1 aliphatic heterocycles. The van der Waals surface area contributed by atoms with Gasteiger partial charge in [-0.3, -0.25) is 9.59 Å². The first-order chi connectivity index (χ1) is 13.4. The third-order valence-corrected chi connectivity index (χ3v) is 4.80. The zero-order valence-electron chi connectivity index (χ0n) is 16.5. The van der Waals surface area contributed by atoms with Gasteiger partial charge in [-0.2, -0.15) is 0 Å². The average molecular weight is 383 g/mol. The van der Waals surface area contributed by atoms with Gasteiger partial charge in [0.2, 0.25) is 11.8 Å². The van der Waals surface area contributed by atoms with E-state index < -0.39 is 6.04 Å². The van der Waals surface area contributed by atoms with Crippen molar-refractivity contribution in [2.75, 3.05) is 36.3 Å². The number of amides is 2. The van der Waals surface area contributed by atoms with Crippen LogP contribution < -0.4 is 25.0 Å². The fraction of sp³-hybridized carbons (Fsp3) is 0.333.